The van der Waals surface area contributed by atoms with Gasteiger partial charge in [-0.15, -0.1) is 9.24 Å². The van der Waals surface area contributed by atoms with Gasteiger partial charge in [-0.3, -0.25) is 0 Å². The molecule has 0 aromatic heterocycles. The van der Waals surface area contributed by atoms with Crippen LogP contribution in [0.5, 0.6) is 0 Å². The molecule has 0 N–H and O–H groups in total. The fourth-order valence-corrected chi connectivity index (χ4v) is 1.75. The van der Waals surface area contributed by atoms with Crippen LogP contribution in [0.1, 0.15) is 1.43 Å². The average Bonchev–Trinajstić information content (AvgIpc) is 2.20. The van der Waals surface area contributed by atoms with Crippen molar-refractivity contribution in [1.29, 1.82) is 0 Å². The summed E-state index contributed by atoms with van der Waals surface area (Å²) in [5.74, 6) is 0. The zero-order valence-corrected chi connectivity index (χ0v) is 9.43. The van der Waals surface area contributed by atoms with Crippen molar-refractivity contribution in [1.82, 2.24) is 0 Å². The molecular weight excluding hydrogens is 182 g/mol. The van der Waals surface area contributed by atoms with E-state index < -0.39 is 0 Å². The second-order valence-corrected chi connectivity index (χ2v) is 3.58. The van der Waals surface area contributed by atoms with Crippen LogP contribution in [0.4, 0.5) is 0 Å². The molecule has 2 aromatic rings. The van der Waals surface area contributed by atoms with E-state index in [9.17, 15) is 0 Å². The Bertz CT molecular complexity index is 403. The Labute approximate surface area is 101 Å². The van der Waals surface area contributed by atoms with Crippen molar-refractivity contribution in [2.24, 2.45) is 0 Å². The third-order valence-electron chi connectivity index (χ3n) is 2.05. The molecule has 0 bridgehead atoms. The maximum Gasteiger partial charge on any atom is 1.00 e. The Balaban J connectivity index is 0.000000980. The summed E-state index contributed by atoms with van der Waals surface area (Å²) in [6, 6.07) is 18.8. The van der Waals surface area contributed by atoms with E-state index in [0.29, 0.717) is 0 Å². The second kappa shape index (κ2) is 5.37. The van der Waals surface area contributed by atoms with Crippen LogP contribution >= 0.6 is 9.24 Å². The van der Waals surface area contributed by atoms with Crippen LogP contribution in [0.25, 0.3) is 11.1 Å². The van der Waals surface area contributed by atoms with Crippen LogP contribution < -0.4 is 24.2 Å². The molecule has 0 radical (unpaired) electrons. The van der Waals surface area contributed by atoms with Crippen LogP contribution in [0.3, 0.4) is 0 Å². The van der Waals surface area contributed by atoms with E-state index in [1.807, 2.05) is 6.07 Å². The van der Waals surface area contributed by atoms with Crippen LogP contribution in [0.2, 0.25) is 0 Å². The fourth-order valence-electron chi connectivity index (χ4n) is 1.38. The van der Waals surface area contributed by atoms with Gasteiger partial charge in [-0.2, -0.15) is 0 Å². The maximum atomic E-state index is 2.76. The Kier molecular flexibility index (Phi) is 4.43. The standard InChI is InChI=1S/C12H11P.Li.H/c13-12-9-5-4-8-11(12)10-6-2-1-3-7-10;;/h1-9H,13H2;;/q;+1;-1. The zero-order valence-electron chi connectivity index (χ0n) is 9.27. The van der Waals surface area contributed by atoms with Gasteiger partial charge in [0.05, 0.1) is 0 Å². The van der Waals surface area contributed by atoms with E-state index in [1.54, 1.807) is 0 Å². The van der Waals surface area contributed by atoms with Crippen molar-refractivity contribution >= 4 is 14.5 Å². The van der Waals surface area contributed by atoms with Gasteiger partial charge in [0.1, 0.15) is 0 Å². The van der Waals surface area contributed by atoms with Gasteiger partial charge in [-0.1, -0.05) is 54.6 Å². The molecule has 2 rings (SSSR count). The largest absolute Gasteiger partial charge is 1.00 e. The summed E-state index contributed by atoms with van der Waals surface area (Å²) in [6.45, 7) is 0. The number of rotatable bonds is 1. The summed E-state index contributed by atoms with van der Waals surface area (Å²) in [7, 11) is 2.76. The molecule has 0 aliphatic heterocycles. The topological polar surface area (TPSA) is 0 Å². The Hall–Kier alpha value is -0.533. The Morgan fingerprint density at radius 1 is 0.786 bits per heavy atom. The third kappa shape index (κ3) is 2.49. The van der Waals surface area contributed by atoms with Crippen LogP contribution in [0, 0.1) is 0 Å². The molecule has 0 saturated heterocycles. The van der Waals surface area contributed by atoms with Gasteiger partial charge >= 0.3 is 18.9 Å². The number of hydrogen-bond acceptors (Lipinski definition) is 0. The van der Waals surface area contributed by atoms with Crippen LogP contribution in [-0.2, 0) is 0 Å². The minimum Gasteiger partial charge on any atom is -1.00 e. The number of benzene rings is 2. The van der Waals surface area contributed by atoms with Gasteiger partial charge in [0.15, 0.2) is 0 Å². The first-order valence-corrected chi connectivity index (χ1v) is 4.85. The van der Waals surface area contributed by atoms with E-state index in [1.165, 1.54) is 16.4 Å². The minimum absolute atomic E-state index is 0. The van der Waals surface area contributed by atoms with Crippen molar-refractivity contribution < 1.29 is 20.3 Å². The van der Waals surface area contributed by atoms with E-state index >= 15 is 0 Å². The molecule has 0 heterocycles. The van der Waals surface area contributed by atoms with Crippen LogP contribution in [0.15, 0.2) is 54.6 Å². The summed E-state index contributed by atoms with van der Waals surface area (Å²) in [6.07, 6.45) is 0. The molecule has 66 valence electrons. The zero-order chi connectivity index (χ0) is 9.10. The predicted molar refractivity (Wildman–Crippen MR) is 62.3 cm³/mol. The maximum absolute atomic E-state index is 2.76. The van der Waals surface area contributed by atoms with Crippen molar-refractivity contribution in [3.05, 3.63) is 54.6 Å². The van der Waals surface area contributed by atoms with Crippen molar-refractivity contribution in [3.8, 4) is 11.1 Å². The molecule has 0 spiro atoms. The molecule has 0 aliphatic carbocycles. The first-order chi connectivity index (χ1) is 6.38. The van der Waals surface area contributed by atoms with E-state index in [2.05, 4.69) is 57.8 Å². The van der Waals surface area contributed by atoms with Gasteiger partial charge < -0.3 is 1.43 Å². The molecular formula is C12H12LiP. The third-order valence-corrected chi connectivity index (χ3v) is 2.55. The molecule has 0 saturated carbocycles. The normalized spacial score (nSPS) is 9.21. The van der Waals surface area contributed by atoms with E-state index in [0.717, 1.165) is 0 Å². The van der Waals surface area contributed by atoms with E-state index in [-0.39, 0.29) is 20.3 Å². The van der Waals surface area contributed by atoms with Gasteiger partial charge in [0, 0.05) is 0 Å². The molecule has 1 atom stereocenters. The van der Waals surface area contributed by atoms with E-state index in [4.69, 9.17) is 0 Å². The first kappa shape index (κ1) is 11.5. The summed E-state index contributed by atoms with van der Waals surface area (Å²) >= 11 is 0. The molecule has 1 unspecified atom stereocenters. The molecule has 0 nitrogen and oxygen atoms in total. The summed E-state index contributed by atoms with van der Waals surface area (Å²) in [5, 5.41) is 1.24. The first-order valence-electron chi connectivity index (χ1n) is 4.28. The summed E-state index contributed by atoms with van der Waals surface area (Å²) < 4.78 is 0. The molecule has 2 aromatic carbocycles. The fraction of sp³-hybridized carbons (Fsp3) is 0. The average molecular weight is 194 g/mol. The van der Waals surface area contributed by atoms with Gasteiger partial charge in [0.2, 0.25) is 0 Å². The Morgan fingerprint density at radius 2 is 1.36 bits per heavy atom. The van der Waals surface area contributed by atoms with Crippen molar-refractivity contribution in [2.45, 2.75) is 0 Å². The second-order valence-electron chi connectivity index (χ2n) is 2.95. The minimum atomic E-state index is 0. The Morgan fingerprint density at radius 3 is 2.00 bits per heavy atom. The monoisotopic (exact) mass is 194 g/mol. The van der Waals surface area contributed by atoms with Gasteiger partial charge in [-0.05, 0) is 16.4 Å². The predicted octanol–water partition coefficient (Wildman–Crippen LogP) is -0.0295. The van der Waals surface area contributed by atoms with Crippen LogP contribution in [-0.4, -0.2) is 0 Å². The SMILES string of the molecule is Pc1ccccc1-c1ccccc1.[H-].[Li+]. The molecule has 14 heavy (non-hydrogen) atoms. The quantitative estimate of drug-likeness (QED) is 0.442. The van der Waals surface area contributed by atoms with Gasteiger partial charge in [-0.25, -0.2) is 0 Å². The summed E-state index contributed by atoms with van der Waals surface area (Å²) in [4.78, 5) is 0. The number of hydrogen-bond donors (Lipinski definition) is 0. The van der Waals surface area contributed by atoms with Gasteiger partial charge in [0.25, 0.3) is 0 Å². The summed E-state index contributed by atoms with van der Waals surface area (Å²) in [5.41, 5.74) is 2.56. The molecule has 0 aliphatic rings. The van der Waals surface area contributed by atoms with Crippen molar-refractivity contribution in [2.75, 3.05) is 0 Å². The smallest absolute Gasteiger partial charge is 1.00 e. The van der Waals surface area contributed by atoms with Crippen molar-refractivity contribution in [3.63, 3.8) is 0 Å². The molecule has 0 amide bonds. The molecule has 2 heteroatoms. The molecule has 0 fully saturated rings.